The number of rotatable bonds is 13. The number of aliphatic carboxylic acids is 1. The highest BCUT2D eigenvalue weighted by Gasteiger charge is 2.38. The number of nitrogens with two attached hydrogens (primary N) is 2. The van der Waals surface area contributed by atoms with Gasteiger partial charge >= 0.3 is 5.97 Å². The van der Waals surface area contributed by atoms with E-state index in [2.05, 4.69) is 10.6 Å². The SMILES string of the molecule is CCC(C)C(NC(=O)C(CCSC)NC(=O)C1CCCN1C(=O)C(N)CC(N)=O)C(=O)O. The number of hydrogen-bond acceptors (Lipinski definition) is 7. The van der Waals surface area contributed by atoms with E-state index < -0.39 is 53.8 Å². The van der Waals surface area contributed by atoms with Crippen LogP contribution in [-0.4, -0.2) is 82.3 Å². The van der Waals surface area contributed by atoms with Crippen LogP contribution in [0, 0.1) is 5.92 Å². The summed E-state index contributed by atoms with van der Waals surface area (Å²) >= 11 is 1.49. The third-order valence-corrected chi connectivity index (χ3v) is 6.24. The predicted octanol–water partition coefficient (Wildman–Crippen LogP) is -0.966. The number of hydrogen-bond donors (Lipinski definition) is 5. The van der Waals surface area contributed by atoms with Gasteiger partial charge in [-0.05, 0) is 37.2 Å². The van der Waals surface area contributed by atoms with Crippen molar-refractivity contribution in [3.63, 3.8) is 0 Å². The zero-order valence-corrected chi connectivity index (χ0v) is 19.7. The molecule has 7 N–H and O–H groups in total. The molecule has 0 aliphatic carbocycles. The summed E-state index contributed by atoms with van der Waals surface area (Å²) in [5.74, 6) is -3.22. The summed E-state index contributed by atoms with van der Waals surface area (Å²) in [7, 11) is 0. The number of nitrogens with zero attached hydrogens (tertiary/aromatic N) is 1. The van der Waals surface area contributed by atoms with Gasteiger partial charge in [-0.3, -0.25) is 19.2 Å². The van der Waals surface area contributed by atoms with Crippen molar-refractivity contribution in [1.82, 2.24) is 15.5 Å². The molecule has 0 saturated carbocycles. The number of carbonyl (C=O) groups excluding carboxylic acids is 4. The average Bonchev–Trinajstić information content (AvgIpc) is 3.22. The van der Waals surface area contributed by atoms with Gasteiger partial charge in [0.25, 0.3) is 0 Å². The van der Waals surface area contributed by atoms with E-state index in [1.54, 1.807) is 6.92 Å². The third-order valence-electron chi connectivity index (χ3n) is 5.60. The van der Waals surface area contributed by atoms with E-state index >= 15 is 0 Å². The van der Waals surface area contributed by atoms with Crippen LogP contribution in [-0.2, 0) is 24.0 Å². The lowest BCUT2D eigenvalue weighted by molar-refractivity contribution is -0.144. The van der Waals surface area contributed by atoms with Crippen LogP contribution in [0.1, 0.15) is 46.0 Å². The molecule has 0 aromatic heterocycles. The van der Waals surface area contributed by atoms with Gasteiger partial charge in [-0.15, -0.1) is 0 Å². The van der Waals surface area contributed by atoms with E-state index in [9.17, 15) is 29.1 Å². The molecule has 1 fully saturated rings. The molecule has 4 amide bonds. The van der Waals surface area contributed by atoms with Crippen LogP contribution in [0.25, 0.3) is 0 Å². The lowest BCUT2D eigenvalue weighted by atomic mass is 9.98. The molecule has 0 aromatic rings. The molecule has 11 nitrogen and oxygen atoms in total. The Bertz CT molecular complexity index is 706. The monoisotopic (exact) mass is 473 g/mol. The van der Waals surface area contributed by atoms with Crippen molar-refractivity contribution in [3.05, 3.63) is 0 Å². The van der Waals surface area contributed by atoms with Crippen molar-refractivity contribution in [2.75, 3.05) is 18.6 Å². The Morgan fingerprint density at radius 2 is 1.88 bits per heavy atom. The van der Waals surface area contributed by atoms with Crippen molar-refractivity contribution < 1.29 is 29.1 Å². The molecule has 12 heteroatoms. The maximum absolute atomic E-state index is 13.0. The molecule has 5 atom stereocenters. The maximum atomic E-state index is 13.0. The van der Waals surface area contributed by atoms with Gasteiger partial charge in [-0.2, -0.15) is 11.8 Å². The minimum atomic E-state index is -1.14. The molecule has 1 saturated heterocycles. The Morgan fingerprint density at radius 3 is 2.41 bits per heavy atom. The topological polar surface area (TPSA) is 185 Å². The third kappa shape index (κ3) is 7.97. The Labute approximate surface area is 192 Å². The first-order valence-corrected chi connectivity index (χ1v) is 12.1. The highest BCUT2D eigenvalue weighted by atomic mass is 32.2. The standard InChI is InChI=1S/C20H35N5O6S/c1-4-11(2)16(20(30)31)24-17(27)13(7-9-32-3)23-18(28)14-6-5-8-25(14)19(29)12(21)10-15(22)26/h11-14,16H,4-10,21H2,1-3H3,(H2,22,26)(H,23,28)(H,24,27)(H,30,31). The molecule has 1 aliphatic heterocycles. The van der Waals surface area contributed by atoms with Crippen molar-refractivity contribution in [1.29, 1.82) is 0 Å². The minimum absolute atomic E-state index is 0.289. The van der Waals surface area contributed by atoms with E-state index in [4.69, 9.17) is 11.5 Å². The molecule has 0 spiro atoms. The molecular formula is C20H35N5O6S. The quantitative estimate of drug-likeness (QED) is 0.226. The second-order valence-electron chi connectivity index (χ2n) is 8.02. The summed E-state index contributed by atoms with van der Waals surface area (Å²) in [6.07, 6.45) is 3.35. The number of carbonyl (C=O) groups is 5. The Morgan fingerprint density at radius 1 is 1.22 bits per heavy atom. The van der Waals surface area contributed by atoms with Gasteiger partial charge in [0.05, 0.1) is 12.5 Å². The molecule has 0 radical (unpaired) electrons. The van der Waals surface area contributed by atoms with Crippen LogP contribution in [0.4, 0.5) is 0 Å². The van der Waals surface area contributed by atoms with Crippen molar-refractivity contribution >= 4 is 41.4 Å². The fourth-order valence-electron chi connectivity index (χ4n) is 3.53. The van der Waals surface area contributed by atoms with Gasteiger partial charge < -0.3 is 32.1 Å². The van der Waals surface area contributed by atoms with Gasteiger partial charge in [0.1, 0.15) is 18.1 Å². The van der Waals surface area contributed by atoms with Crippen LogP contribution < -0.4 is 22.1 Å². The Balaban J connectivity index is 2.92. The fraction of sp³-hybridized carbons (Fsp3) is 0.750. The number of likely N-dealkylation sites (tertiary alicyclic amines) is 1. The van der Waals surface area contributed by atoms with E-state index in [0.717, 1.165) is 0 Å². The molecule has 32 heavy (non-hydrogen) atoms. The first-order chi connectivity index (χ1) is 15.0. The van der Waals surface area contributed by atoms with Crippen LogP contribution in [0.5, 0.6) is 0 Å². The maximum Gasteiger partial charge on any atom is 0.326 e. The largest absolute Gasteiger partial charge is 0.480 e. The highest BCUT2D eigenvalue weighted by molar-refractivity contribution is 7.98. The second-order valence-corrected chi connectivity index (χ2v) is 9.00. The highest BCUT2D eigenvalue weighted by Crippen LogP contribution is 2.19. The molecule has 5 unspecified atom stereocenters. The molecule has 0 bridgehead atoms. The number of amides is 4. The minimum Gasteiger partial charge on any atom is -0.480 e. The lowest BCUT2D eigenvalue weighted by Gasteiger charge is -2.29. The predicted molar refractivity (Wildman–Crippen MR) is 120 cm³/mol. The first-order valence-electron chi connectivity index (χ1n) is 10.7. The first kappa shape index (κ1) is 27.7. The summed E-state index contributed by atoms with van der Waals surface area (Å²) in [6, 6.07) is -3.98. The molecule has 0 aromatic carbocycles. The Kier molecular flexibility index (Phi) is 11.5. The van der Waals surface area contributed by atoms with Gasteiger partial charge in [-0.1, -0.05) is 20.3 Å². The summed E-state index contributed by atoms with van der Waals surface area (Å²) in [5, 5.41) is 14.7. The number of primary amides is 1. The number of nitrogens with one attached hydrogen (secondary N) is 2. The zero-order chi connectivity index (χ0) is 24.4. The lowest BCUT2D eigenvalue weighted by Crippen LogP contribution is -2.57. The summed E-state index contributed by atoms with van der Waals surface area (Å²) < 4.78 is 0. The number of thioether (sulfide) groups is 1. The van der Waals surface area contributed by atoms with E-state index in [1.807, 2.05) is 13.2 Å². The van der Waals surface area contributed by atoms with Crippen molar-refractivity contribution in [2.24, 2.45) is 17.4 Å². The summed E-state index contributed by atoms with van der Waals surface area (Å²) in [4.78, 5) is 62.3. The van der Waals surface area contributed by atoms with Crippen LogP contribution in [0.3, 0.4) is 0 Å². The van der Waals surface area contributed by atoms with Crippen molar-refractivity contribution in [2.45, 2.75) is 70.1 Å². The average molecular weight is 474 g/mol. The van der Waals surface area contributed by atoms with Gasteiger partial charge in [0.2, 0.25) is 23.6 Å². The number of carboxylic acid groups (broad SMARTS) is 1. The Hall–Kier alpha value is -2.34. The van der Waals surface area contributed by atoms with E-state index in [-0.39, 0.29) is 12.3 Å². The van der Waals surface area contributed by atoms with Crippen LogP contribution in [0.2, 0.25) is 0 Å². The normalized spacial score (nSPS) is 19.5. The van der Waals surface area contributed by atoms with Gasteiger partial charge in [0, 0.05) is 6.54 Å². The van der Waals surface area contributed by atoms with Crippen LogP contribution >= 0.6 is 11.8 Å². The molecular weight excluding hydrogens is 438 g/mol. The molecule has 1 rings (SSSR count). The van der Waals surface area contributed by atoms with Gasteiger partial charge in [-0.25, -0.2) is 4.79 Å². The summed E-state index contributed by atoms with van der Waals surface area (Å²) in [6.45, 7) is 3.86. The molecule has 1 aliphatic rings. The van der Waals surface area contributed by atoms with Gasteiger partial charge in [0.15, 0.2) is 0 Å². The zero-order valence-electron chi connectivity index (χ0n) is 18.8. The van der Waals surface area contributed by atoms with Crippen LogP contribution in [0.15, 0.2) is 0 Å². The smallest absolute Gasteiger partial charge is 0.326 e. The molecule has 182 valence electrons. The molecule has 1 heterocycles. The van der Waals surface area contributed by atoms with E-state index in [0.29, 0.717) is 38.0 Å². The fourth-order valence-corrected chi connectivity index (χ4v) is 4.00. The van der Waals surface area contributed by atoms with Crippen molar-refractivity contribution in [3.8, 4) is 0 Å². The number of carboxylic acids is 1. The summed E-state index contributed by atoms with van der Waals surface area (Å²) in [5.41, 5.74) is 10.9. The van der Waals surface area contributed by atoms with E-state index in [1.165, 1.54) is 16.7 Å². The second kappa shape index (κ2) is 13.3.